The molecule has 0 unspecified atom stereocenters. The third kappa shape index (κ3) is 3.84. The maximum absolute atomic E-state index is 12.2. The Labute approximate surface area is 163 Å². The van der Waals surface area contributed by atoms with Crippen molar-refractivity contribution in [1.82, 2.24) is 25.0 Å². The molecule has 0 aliphatic rings. The SMILES string of the molecule is O=C(Nc1ncn(Cc2ccc(Cl)cc2Cl)n1)c1n[nH]c([N+](=O)[O-])c1Br. The van der Waals surface area contributed by atoms with E-state index in [0.717, 1.165) is 5.56 Å². The molecule has 3 rings (SSSR count). The summed E-state index contributed by atoms with van der Waals surface area (Å²) >= 11 is 14.9. The summed E-state index contributed by atoms with van der Waals surface area (Å²) in [6.45, 7) is 0.316. The molecule has 2 heterocycles. The number of halogens is 3. The van der Waals surface area contributed by atoms with Crippen LogP contribution in [0.2, 0.25) is 10.0 Å². The molecular formula is C13H8BrCl2N7O3. The molecule has 0 saturated heterocycles. The highest BCUT2D eigenvalue weighted by atomic mass is 79.9. The third-order valence-electron chi connectivity index (χ3n) is 3.20. The summed E-state index contributed by atoms with van der Waals surface area (Å²) in [6.07, 6.45) is 1.41. The molecule has 2 aromatic heterocycles. The van der Waals surface area contributed by atoms with Crippen LogP contribution in [-0.2, 0) is 6.54 Å². The number of anilines is 1. The van der Waals surface area contributed by atoms with Crippen LogP contribution in [0.5, 0.6) is 0 Å². The zero-order valence-corrected chi connectivity index (χ0v) is 15.7. The Morgan fingerprint density at radius 2 is 2.19 bits per heavy atom. The summed E-state index contributed by atoms with van der Waals surface area (Å²) in [5, 5.41) is 24.0. The number of H-pyrrole nitrogens is 1. The van der Waals surface area contributed by atoms with Crippen LogP contribution in [0.25, 0.3) is 0 Å². The van der Waals surface area contributed by atoms with E-state index in [1.54, 1.807) is 18.2 Å². The summed E-state index contributed by atoms with van der Waals surface area (Å²) in [6, 6.07) is 5.06. The minimum Gasteiger partial charge on any atom is -0.358 e. The van der Waals surface area contributed by atoms with Gasteiger partial charge in [-0.3, -0.25) is 10.1 Å². The van der Waals surface area contributed by atoms with Gasteiger partial charge in [0, 0.05) is 10.0 Å². The van der Waals surface area contributed by atoms with Gasteiger partial charge in [-0.05, 0) is 38.5 Å². The Hall–Kier alpha value is -2.50. The lowest BCUT2D eigenvalue weighted by atomic mass is 10.2. The fraction of sp³-hybridized carbons (Fsp3) is 0.0769. The first kappa shape index (κ1) is 18.3. The standard InChI is InChI=1S/C13H8BrCl2N7O3/c14-9-10(19-20-11(9)23(25)26)12(24)18-13-17-5-22(21-13)4-6-1-2-7(15)3-8(6)16/h1-3,5H,4H2,(H,19,20)(H,18,21,24). The van der Waals surface area contributed by atoms with E-state index in [1.807, 2.05) is 0 Å². The molecule has 10 nitrogen and oxygen atoms in total. The molecule has 26 heavy (non-hydrogen) atoms. The average molecular weight is 461 g/mol. The quantitative estimate of drug-likeness (QED) is 0.443. The van der Waals surface area contributed by atoms with Crippen molar-refractivity contribution in [3.63, 3.8) is 0 Å². The van der Waals surface area contributed by atoms with E-state index >= 15 is 0 Å². The van der Waals surface area contributed by atoms with Gasteiger partial charge in [-0.15, -0.1) is 10.2 Å². The molecule has 0 spiro atoms. The number of nitrogens with one attached hydrogen (secondary N) is 2. The van der Waals surface area contributed by atoms with Crippen LogP contribution >= 0.6 is 39.1 Å². The van der Waals surface area contributed by atoms with E-state index in [4.69, 9.17) is 23.2 Å². The normalized spacial score (nSPS) is 10.7. The largest absolute Gasteiger partial charge is 0.358 e. The monoisotopic (exact) mass is 459 g/mol. The number of aromatic nitrogens is 5. The Bertz CT molecular complexity index is 1000. The highest BCUT2D eigenvalue weighted by Crippen LogP contribution is 2.26. The van der Waals surface area contributed by atoms with Gasteiger partial charge in [-0.1, -0.05) is 34.4 Å². The second-order valence-corrected chi connectivity index (χ2v) is 6.58. The van der Waals surface area contributed by atoms with E-state index in [2.05, 4.69) is 41.5 Å². The van der Waals surface area contributed by atoms with Crippen LogP contribution in [0, 0.1) is 10.1 Å². The van der Waals surface area contributed by atoms with Crippen molar-refractivity contribution in [2.75, 3.05) is 5.32 Å². The molecule has 134 valence electrons. The van der Waals surface area contributed by atoms with Gasteiger partial charge in [-0.25, -0.2) is 9.67 Å². The molecule has 3 aromatic rings. The number of aromatic amines is 1. The Balaban J connectivity index is 1.72. The maximum Gasteiger partial charge on any atom is 0.357 e. The molecule has 1 amide bonds. The van der Waals surface area contributed by atoms with Crippen LogP contribution in [0.4, 0.5) is 11.8 Å². The van der Waals surface area contributed by atoms with Gasteiger partial charge in [-0.2, -0.15) is 0 Å². The molecule has 0 aliphatic carbocycles. The minimum absolute atomic E-state index is 0.0117. The highest BCUT2D eigenvalue weighted by molar-refractivity contribution is 9.10. The van der Waals surface area contributed by atoms with Gasteiger partial charge >= 0.3 is 5.82 Å². The summed E-state index contributed by atoms with van der Waals surface area (Å²) in [7, 11) is 0. The molecule has 0 fully saturated rings. The first-order valence-corrected chi connectivity index (χ1v) is 8.43. The van der Waals surface area contributed by atoms with Crippen molar-refractivity contribution in [2.24, 2.45) is 0 Å². The van der Waals surface area contributed by atoms with E-state index in [-0.39, 0.29) is 16.1 Å². The molecule has 0 atom stereocenters. The van der Waals surface area contributed by atoms with Gasteiger partial charge in [0.1, 0.15) is 10.8 Å². The van der Waals surface area contributed by atoms with Gasteiger partial charge in [0.05, 0.1) is 6.54 Å². The lowest BCUT2D eigenvalue weighted by Crippen LogP contribution is -2.14. The second-order valence-electron chi connectivity index (χ2n) is 4.95. The Morgan fingerprint density at radius 1 is 1.42 bits per heavy atom. The summed E-state index contributed by atoms with van der Waals surface area (Å²) in [4.78, 5) is 26.2. The molecule has 1 aromatic carbocycles. The first-order valence-electron chi connectivity index (χ1n) is 6.88. The van der Waals surface area contributed by atoms with Crippen molar-refractivity contribution in [1.29, 1.82) is 0 Å². The zero-order valence-electron chi connectivity index (χ0n) is 12.6. The van der Waals surface area contributed by atoms with Gasteiger partial charge in [0.2, 0.25) is 5.95 Å². The van der Waals surface area contributed by atoms with E-state index in [0.29, 0.717) is 16.6 Å². The van der Waals surface area contributed by atoms with Crippen molar-refractivity contribution in [2.45, 2.75) is 6.54 Å². The summed E-state index contributed by atoms with van der Waals surface area (Å²) in [5.41, 5.74) is 0.582. The number of carbonyl (C=O) groups is 1. The van der Waals surface area contributed by atoms with Crippen LogP contribution in [-0.4, -0.2) is 35.8 Å². The average Bonchev–Trinajstić information content (AvgIpc) is 3.16. The first-order chi connectivity index (χ1) is 12.3. The fourth-order valence-electron chi connectivity index (χ4n) is 2.00. The van der Waals surface area contributed by atoms with Crippen LogP contribution in [0.1, 0.15) is 16.1 Å². The number of hydrogen-bond acceptors (Lipinski definition) is 6. The number of benzene rings is 1. The maximum atomic E-state index is 12.2. The third-order valence-corrected chi connectivity index (χ3v) is 4.53. The lowest BCUT2D eigenvalue weighted by molar-refractivity contribution is -0.390. The van der Waals surface area contributed by atoms with Gasteiger partial charge in [0.25, 0.3) is 5.91 Å². The molecule has 2 N–H and O–H groups in total. The number of nitrogens with zero attached hydrogens (tertiary/aromatic N) is 5. The molecule has 0 bridgehead atoms. The number of hydrogen-bond donors (Lipinski definition) is 2. The second kappa shape index (κ2) is 7.40. The number of amides is 1. The van der Waals surface area contributed by atoms with Crippen LogP contribution in [0.3, 0.4) is 0 Å². The van der Waals surface area contributed by atoms with E-state index in [1.165, 1.54) is 11.0 Å². The van der Waals surface area contributed by atoms with Crippen molar-refractivity contribution >= 4 is 56.8 Å². The summed E-state index contributed by atoms with van der Waals surface area (Å²) < 4.78 is 1.40. The Kier molecular flexibility index (Phi) is 5.20. The van der Waals surface area contributed by atoms with Gasteiger partial charge in [0.15, 0.2) is 5.69 Å². The molecule has 0 radical (unpaired) electrons. The van der Waals surface area contributed by atoms with Gasteiger partial charge < -0.3 is 10.1 Å². The summed E-state index contributed by atoms with van der Waals surface area (Å²) in [5.74, 6) is -1.12. The van der Waals surface area contributed by atoms with E-state index in [9.17, 15) is 14.9 Å². The van der Waals surface area contributed by atoms with Crippen molar-refractivity contribution in [3.05, 3.63) is 60.4 Å². The smallest absolute Gasteiger partial charge is 0.357 e. The van der Waals surface area contributed by atoms with Crippen molar-refractivity contribution in [3.8, 4) is 0 Å². The predicted molar refractivity (Wildman–Crippen MR) is 96.5 cm³/mol. The lowest BCUT2D eigenvalue weighted by Gasteiger charge is -2.04. The molecule has 13 heteroatoms. The highest BCUT2D eigenvalue weighted by Gasteiger charge is 2.25. The number of carbonyl (C=O) groups excluding carboxylic acids is 1. The number of nitro groups is 1. The van der Waals surface area contributed by atoms with Crippen LogP contribution < -0.4 is 5.32 Å². The Morgan fingerprint density at radius 3 is 2.85 bits per heavy atom. The molecule has 0 saturated carbocycles. The molecular weight excluding hydrogens is 453 g/mol. The fourth-order valence-corrected chi connectivity index (χ4v) is 2.97. The number of rotatable bonds is 5. The zero-order chi connectivity index (χ0) is 18.8. The van der Waals surface area contributed by atoms with Crippen LogP contribution in [0.15, 0.2) is 29.0 Å². The predicted octanol–water partition coefficient (Wildman–Crippen LogP) is 3.28. The minimum atomic E-state index is -0.705. The molecule has 0 aliphatic heterocycles. The van der Waals surface area contributed by atoms with E-state index < -0.39 is 16.6 Å². The topological polar surface area (TPSA) is 132 Å². The van der Waals surface area contributed by atoms with Crippen molar-refractivity contribution < 1.29 is 9.72 Å².